The fraction of sp³-hybridized carbons (Fsp3) is 0.412. The monoisotopic (exact) mass is 334 g/mol. The van der Waals surface area contributed by atoms with Gasteiger partial charge in [0.1, 0.15) is 17.6 Å². The second kappa shape index (κ2) is 6.60. The summed E-state index contributed by atoms with van der Waals surface area (Å²) < 4.78 is 18.8. The van der Waals surface area contributed by atoms with E-state index in [0.29, 0.717) is 30.7 Å². The molecule has 1 aliphatic rings. The summed E-state index contributed by atoms with van der Waals surface area (Å²) in [6, 6.07) is 3.29. The SMILES string of the molecule is Cc1cc(F)cc2[nH]c(C(=O)NC(C(=O)O)C3CCCOC3)cc12. The minimum atomic E-state index is -1.09. The first-order valence-corrected chi connectivity index (χ1v) is 7.86. The lowest BCUT2D eigenvalue weighted by Crippen LogP contribution is -2.48. The van der Waals surface area contributed by atoms with Crippen LogP contribution in [0.3, 0.4) is 0 Å². The van der Waals surface area contributed by atoms with E-state index in [1.54, 1.807) is 13.0 Å². The third kappa shape index (κ3) is 3.26. The molecule has 0 radical (unpaired) electrons. The molecule has 128 valence electrons. The average Bonchev–Trinajstić information content (AvgIpc) is 2.97. The molecule has 6 nitrogen and oxygen atoms in total. The minimum absolute atomic E-state index is 0.210. The Balaban J connectivity index is 1.82. The maximum Gasteiger partial charge on any atom is 0.326 e. The minimum Gasteiger partial charge on any atom is -0.480 e. The van der Waals surface area contributed by atoms with Gasteiger partial charge in [0.05, 0.1) is 6.61 Å². The van der Waals surface area contributed by atoms with E-state index in [-0.39, 0.29) is 11.6 Å². The lowest BCUT2D eigenvalue weighted by atomic mass is 9.93. The first-order chi connectivity index (χ1) is 11.5. The van der Waals surface area contributed by atoms with Crippen LogP contribution in [0.5, 0.6) is 0 Å². The molecule has 0 bridgehead atoms. The molecule has 1 aromatic carbocycles. The van der Waals surface area contributed by atoms with Crippen LogP contribution >= 0.6 is 0 Å². The van der Waals surface area contributed by atoms with E-state index in [2.05, 4.69) is 10.3 Å². The van der Waals surface area contributed by atoms with Crippen LogP contribution in [0.15, 0.2) is 18.2 Å². The van der Waals surface area contributed by atoms with E-state index in [0.717, 1.165) is 11.8 Å². The van der Waals surface area contributed by atoms with Crippen molar-refractivity contribution in [3.63, 3.8) is 0 Å². The first kappa shape index (κ1) is 16.4. The normalized spacial score (nSPS) is 19.2. The Morgan fingerprint density at radius 1 is 1.42 bits per heavy atom. The number of aliphatic carboxylic acids is 1. The van der Waals surface area contributed by atoms with Crippen molar-refractivity contribution in [1.82, 2.24) is 10.3 Å². The smallest absolute Gasteiger partial charge is 0.326 e. The second-order valence-electron chi connectivity index (χ2n) is 6.13. The Labute approximate surface area is 138 Å². The standard InChI is InChI=1S/C17H19FN2O4/c1-9-5-11(18)6-13-12(9)7-14(19-13)16(21)20-15(17(22)23)10-3-2-4-24-8-10/h5-7,10,15,19H,2-4,8H2,1H3,(H,20,21)(H,22,23). The van der Waals surface area contributed by atoms with Gasteiger partial charge in [0.25, 0.3) is 5.91 Å². The van der Waals surface area contributed by atoms with E-state index in [1.807, 2.05) is 0 Å². The number of amides is 1. The van der Waals surface area contributed by atoms with Crippen molar-refractivity contribution in [3.8, 4) is 0 Å². The number of rotatable bonds is 4. The predicted molar refractivity (Wildman–Crippen MR) is 85.4 cm³/mol. The fourth-order valence-electron chi connectivity index (χ4n) is 3.13. The van der Waals surface area contributed by atoms with Crippen LogP contribution in [0.4, 0.5) is 4.39 Å². The molecule has 7 heteroatoms. The molecule has 0 saturated carbocycles. The van der Waals surface area contributed by atoms with Crippen LogP contribution in [0.25, 0.3) is 10.9 Å². The van der Waals surface area contributed by atoms with Gasteiger partial charge in [-0.3, -0.25) is 4.79 Å². The molecule has 2 atom stereocenters. The van der Waals surface area contributed by atoms with Crippen molar-refractivity contribution in [3.05, 3.63) is 35.3 Å². The Kier molecular flexibility index (Phi) is 4.53. The predicted octanol–water partition coefficient (Wildman–Crippen LogP) is 2.23. The number of carboxylic acids is 1. The number of H-pyrrole nitrogens is 1. The molecule has 2 unspecified atom stereocenters. The molecule has 1 saturated heterocycles. The summed E-state index contributed by atoms with van der Waals surface area (Å²) in [4.78, 5) is 26.8. The number of aromatic nitrogens is 1. The van der Waals surface area contributed by atoms with Gasteiger partial charge < -0.3 is 20.1 Å². The number of hydrogen-bond acceptors (Lipinski definition) is 3. The van der Waals surface area contributed by atoms with Crippen LogP contribution in [0.2, 0.25) is 0 Å². The molecule has 2 heterocycles. The van der Waals surface area contributed by atoms with Crippen LogP contribution in [0.1, 0.15) is 28.9 Å². The largest absolute Gasteiger partial charge is 0.480 e. The number of carboxylic acid groups (broad SMARTS) is 1. The summed E-state index contributed by atoms with van der Waals surface area (Å²) in [5, 5.41) is 12.7. The maximum atomic E-state index is 13.5. The van der Waals surface area contributed by atoms with Crippen molar-refractivity contribution >= 4 is 22.8 Å². The fourth-order valence-corrected chi connectivity index (χ4v) is 3.13. The highest BCUT2D eigenvalue weighted by Gasteiger charge is 2.31. The first-order valence-electron chi connectivity index (χ1n) is 7.86. The number of carbonyl (C=O) groups is 2. The molecule has 1 fully saturated rings. The zero-order chi connectivity index (χ0) is 17.3. The van der Waals surface area contributed by atoms with Gasteiger partial charge in [-0.1, -0.05) is 0 Å². The van der Waals surface area contributed by atoms with E-state index in [1.165, 1.54) is 12.1 Å². The van der Waals surface area contributed by atoms with Gasteiger partial charge in [-0.15, -0.1) is 0 Å². The Morgan fingerprint density at radius 2 is 2.21 bits per heavy atom. The molecule has 1 amide bonds. The summed E-state index contributed by atoms with van der Waals surface area (Å²) in [6.45, 7) is 2.68. The van der Waals surface area contributed by atoms with Gasteiger partial charge in [-0.2, -0.15) is 0 Å². The molecule has 3 rings (SSSR count). The van der Waals surface area contributed by atoms with E-state index >= 15 is 0 Å². The van der Waals surface area contributed by atoms with E-state index < -0.39 is 23.7 Å². The Hall–Kier alpha value is -2.41. The number of ether oxygens (including phenoxy) is 1. The highest BCUT2D eigenvalue weighted by Crippen LogP contribution is 2.22. The summed E-state index contributed by atoms with van der Waals surface area (Å²) in [5.41, 5.74) is 1.42. The zero-order valence-corrected chi connectivity index (χ0v) is 13.3. The number of benzene rings is 1. The highest BCUT2D eigenvalue weighted by atomic mass is 19.1. The van der Waals surface area contributed by atoms with E-state index in [9.17, 15) is 19.1 Å². The number of halogens is 1. The Bertz CT molecular complexity index is 780. The van der Waals surface area contributed by atoms with Crippen LogP contribution in [-0.4, -0.2) is 41.2 Å². The van der Waals surface area contributed by atoms with Crippen LogP contribution < -0.4 is 5.32 Å². The molecule has 3 N–H and O–H groups in total. The van der Waals surface area contributed by atoms with Crippen molar-refractivity contribution in [2.45, 2.75) is 25.8 Å². The molecule has 0 aliphatic carbocycles. The summed E-state index contributed by atoms with van der Waals surface area (Å²) in [6.07, 6.45) is 1.46. The number of aryl methyl sites for hydroxylation is 1. The lowest BCUT2D eigenvalue weighted by molar-refractivity contribution is -0.142. The van der Waals surface area contributed by atoms with Gasteiger partial charge in [0.15, 0.2) is 0 Å². The van der Waals surface area contributed by atoms with Gasteiger partial charge >= 0.3 is 5.97 Å². The number of fused-ring (bicyclic) bond motifs is 1. The van der Waals surface area contributed by atoms with Crippen LogP contribution in [-0.2, 0) is 9.53 Å². The number of hydrogen-bond donors (Lipinski definition) is 3. The molecule has 2 aromatic rings. The third-order valence-corrected chi connectivity index (χ3v) is 4.37. The molecule has 1 aromatic heterocycles. The van der Waals surface area contributed by atoms with Crippen LogP contribution in [0, 0.1) is 18.7 Å². The quantitative estimate of drug-likeness (QED) is 0.799. The topological polar surface area (TPSA) is 91.4 Å². The molecular formula is C17H19FN2O4. The van der Waals surface area contributed by atoms with Gasteiger partial charge in [-0.05, 0) is 43.5 Å². The average molecular weight is 334 g/mol. The van der Waals surface area contributed by atoms with Crippen molar-refractivity contribution in [1.29, 1.82) is 0 Å². The maximum absolute atomic E-state index is 13.5. The summed E-state index contributed by atoms with van der Waals surface area (Å²) in [7, 11) is 0. The van der Waals surface area contributed by atoms with Gasteiger partial charge in [-0.25, -0.2) is 9.18 Å². The lowest BCUT2D eigenvalue weighted by Gasteiger charge is -2.27. The van der Waals surface area contributed by atoms with E-state index in [4.69, 9.17) is 4.74 Å². The number of aromatic amines is 1. The van der Waals surface area contributed by atoms with Crippen molar-refractivity contribution in [2.75, 3.05) is 13.2 Å². The molecule has 0 spiro atoms. The summed E-state index contributed by atoms with van der Waals surface area (Å²) in [5.74, 6) is -2.26. The number of carbonyl (C=O) groups excluding carboxylic acids is 1. The second-order valence-corrected chi connectivity index (χ2v) is 6.13. The molecular weight excluding hydrogens is 315 g/mol. The van der Waals surface area contributed by atoms with Crippen molar-refractivity contribution in [2.24, 2.45) is 5.92 Å². The molecule has 24 heavy (non-hydrogen) atoms. The highest BCUT2D eigenvalue weighted by molar-refractivity contribution is 6.00. The zero-order valence-electron chi connectivity index (χ0n) is 13.3. The van der Waals surface area contributed by atoms with Crippen molar-refractivity contribution < 1.29 is 23.8 Å². The number of nitrogens with one attached hydrogen (secondary N) is 2. The molecule has 1 aliphatic heterocycles. The summed E-state index contributed by atoms with van der Waals surface area (Å²) >= 11 is 0. The van der Waals surface area contributed by atoms with Gasteiger partial charge in [0, 0.05) is 23.4 Å². The van der Waals surface area contributed by atoms with Gasteiger partial charge in [0.2, 0.25) is 0 Å². The third-order valence-electron chi connectivity index (χ3n) is 4.37. The Morgan fingerprint density at radius 3 is 2.88 bits per heavy atom.